The van der Waals surface area contributed by atoms with Crippen LogP contribution in [0.5, 0.6) is 23.0 Å². The lowest BCUT2D eigenvalue weighted by Crippen LogP contribution is -2.58. The predicted molar refractivity (Wildman–Crippen MR) is 393 cm³/mol. The Morgan fingerprint density at radius 1 is 0.602 bits per heavy atom. The Hall–Kier alpha value is -9.38. The molecule has 32 nitrogen and oxygen atoms in total. The number of rotatable bonds is 48. The van der Waals surface area contributed by atoms with E-state index in [0.29, 0.717) is 152 Å². The van der Waals surface area contributed by atoms with Crippen LogP contribution in [0.1, 0.15) is 113 Å². The number of hydrogen-bond donors (Lipinski definition) is 5. The van der Waals surface area contributed by atoms with E-state index in [4.69, 9.17) is 61.6 Å². The fraction of sp³-hybridized carbons (Fsp3) is 0.553. The molecule has 3 aromatic carbocycles. The highest BCUT2D eigenvalue weighted by atomic mass is 16.6. The number of methoxy groups -OCH3 is 2. The number of imide groups is 1. The summed E-state index contributed by atoms with van der Waals surface area (Å²) < 4.78 is 73.7. The standard InChI is InChI=1S/C76H103N9O23/c1-50(2)69(81-66(87)19-24-98-26-28-100-30-32-102-34-36-104-38-39-105-37-35-103-33-31-101-29-27-99-25-20-77-65(86)18-21-82-67(88)16-17-68(82)89)71(91)79-53(5)70(90)80-55-14-12-54(13-15-55)49-108-75(95)85-60-44-64(62(97-8)42-58(60)73(93)84-48-52(4)45-76(84,6)74(85)94)107-23-11-9-10-22-106-63-43-59-57(41-61(63)96-7)72(92)83-47-51(3)40-56(83)46-78-59/h12-17,41-44,46-48,50,53,56,69,74,94H,9-11,18-40,45,49H2,1-8H3,(H,77,86)(H,79,91)(H,80,90)(H,81,87)/t53-,56-,69-,74-,76-/m0/s1. The van der Waals surface area contributed by atoms with Crippen molar-refractivity contribution in [2.24, 2.45) is 10.9 Å². The molecule has 0 unspecified atom stereocenters. The molecule has 5 aliphatic heterocycles. The number of fused-ring (bicyclic) bond motifs is 4. The highest BCUT2D eigenvalue weighted by Crippen LogP contribution is 2.46. The number of nitrogens with zero attached hydrogens (tertiary/aromatic N) is 5. The third kappa shape index (κ3) is 24.6. The van der Waals surface area contributed by atoms with E-state index in [2.05, 4.69) is 26.3 Å². The van der Waals surface area contributed by atoms with E-state index >= 15 is 0 Å². The third-order valence-corrected chi connectivity index (χ3v) is 17.9. The third-order valence-electron chi connectivity index (χ3n) is 17.9. The molecule has 5 aliphatic rings. The van der Waals surface area contributed by atoms with Crippen molar-refractivity contribution in [3.63, 3.8) is 0 Å². The number of nitrogens with one attached hydrogen (secondary N) is 4. The Balaban J connectivity index is 0.657. The first-order chi connectivity index (χ1) is 52.1. The number of carbonyl (C=O) groups is 9. The van der Waals surface area contributed by atoms with Gasteiger partial charge in [0.25, 0.3) is 23.6 Å². The molecule has 0 saturated carbocycles. The second-order valence-electron chi connectivity index (χ2n) is 26.6. The van der Waals surface area contributed by atoms with Crippen LogP contribution in [0.25, 0.3) is 0 Å². The summed E-state index contributed by atoms with van der Waals surface area (Å²) in [6.07, 6.45) is 8.05. The Morgan fingerprint density at radius 2 is 1.15 bits per heavy atom. The first-order valence-electron chi connectivity index (χ1n) is 36.4. The SMILES string of the molecule is COc1cc2c(cc1OCCCCCOc1cc3c(cc1OC)C(=O)N1C=C(C)C[C@@]1(C)[C@H](O)N3C(=O)OCc1ccc(NC(=O)[C@H](C)NC(=O)[C@@H](NC(=O)CCOCCOCCOCCOCCOCCOCCOCCOCCNC(=O)CCN3C(=O)C=CC3=O)C(C)C)cc1)N=C[C@@H]1CC(C)=CN1C2=O. The molecule has 32 heteroatoms. The van der Waals surface area contributed by atoms with Crippen molar-refractivity contribution in [1.29, 1.82) is 0 Å². The average Bonchev–Trinajstić information content (AvgIpc) is 1.57. The van der Waals surface area contributed by atoms with Crippen LogP contribution in [-0.4, -0.2) is 255 Å². The molecule has 590 valence electrons. The summed E-state index contributed by atoms with van der Waals surface area (Å²) in [7, 11) is 2.96. The number of hydrogen-bond acceptors (Lipinski definition) is 24. The molecule has 0 spiro atoms. The number of aliphatic hydroxyl groups is 1. The molecule has 108 heavy (non-hydrogen) atoms. The van der Waals surface area contributed by atoms with Crippen LogP contribution in [-0.2, 0) is 78.0 Å². The quantitative estimate of drug-likeness (QED) is 0.0335. The fourth-order valence-corrected chi connectivity index (χ4v) is 12.1. The van der Waals surface area contributed by atoms with E-state index in [1.807, 2.05) is 20.0 Å². The Kier molecular flexibility index (Phi) is 33.5. The number of benzene rings is 3. The lowest BCUT2D eigenvalue weighted by Gasteiger charge is -2.40. The Morgan fingerprint density at radius 3 is 1.71 bits per heavy atom. The predicted octanol–water partition coefficient (Wildman–Crippen LogP) is 5.69. The second-order valence-corrected chi connectivity index (χ2v) is 26.6. The number of amides is 9. The van der Waals surface area contributed by atoms with Crippen molar-refractivity contribution in [3.05, 3.63) is 101 Å². The second kappa shape index (κ2) is 43.0. The number of anilines is 2. The van der Waals surface area contributed by atoms with Gasteiger partial charge < -0.3 is 97.8 Å². The van der Waals surface area contributed by atoms with Gasteiger partial charge in [0, 0.05) is 74.5 Å². The summed E-state index contributed by atoms with van der Waals surface area (Å²) in [4.78, 5) is 127. The van der Waals surface area contributed by atoms with Gasteiger partial charge in [-0.05, 0) is 95.5 Å². The molecule has 0 fully saturated rings. The van der Waals surface area contributed by atoms with Gasteiger partial charge in [0.15, 0.2) is 29.2 Å². The summed E-state index contributed by atoms with van der Waals surface area (Å²) in [5.41, 5.74) is 2.60. The van der Waals surface area contributed by atoms with Gasteiger partial charge in [0.1, 0.15) is 18.7 Å². The molecule has 9 amide bonds. The summed E-state index contributed by atoms with van der Waals surface area (Å²) in [5.74, 6) is -2.21. The topological polar surface area (TPSA) is 367 Å². The first-order valence-corrected chi connectivity index (χ1v) is 36.4. The van der Waals surface area contributed by atoms with Crippen molar-refractivity contribution < 1.29 is 110 Å². The maximum atomic E-state index is 14.4. The van der Waals surface area contributed by atoms with Gasteiger partial charge in [0.05, 0.1) is 167 Å². The van der Waals surface area contributed by atoms with Crippen molar-refractivity contribution in [3.8, 4) is 23.0 Å². The smallest absolute Gasteiger partial charge is 0.416 e. The van der Waals surface area contributed by atoms with Crippen molar-refractivity contribution in [2.75, 3.05) is 156 Å². The monoisotopic (exact) mass is 1510 g/mol. The highest BCUT2D eigenvalue weighted by Gasteiger charge is 2.53. The van der Waals surface area contributed by atoms with E-state index in [1.54, 1.807) is 74.5 Å². The molecule has 8 rings (SSSR count). The minimum Gasteiger partial charge on any atom is -0.493 e. The highest BCUT2D eigenvalue weighted by molar-refractivity contribution is 6.13. The van der Waals surface area contributed by atoms with Crippen LogP contribution < -0.4 is 45.1 Å². The van der Waals surface area contributed by atoms with Gasteiger partial charge in [-0.1, -0.05) is 37.1 Å². The number of ether oxygens (including phenoxy) is 13. The van der Waals surface area contributed by atoms with Crippen LogP contribution in [0.15, 0.2) is 89.2 Å². The average molecular weight is 1510 g/mol. The number of aliphatic hydroxyl groups excluding tert-OH is 1. The lowest BCUT2D eigenvalue weighted by molar-refractivity contribution is -0.137. The van der Waals surface area contributed by atoms with Crippen molar-refractivity contribution >= 4 is 76.6 Å². The zero-order valence-corrected chi connectivity index (χ0v) is 62.9. The number of aliphatic imine (C=N–C) groups is 1. The first kappa shape index (κ1) is 84.2. The molecule has 5 atom stereocenters. The lowest BCUT2D eigenvalue weighted by atomic mass is 9.93. The Bertz CT molecular complexity index is 3680. The summed E-state index contributed by atoms with van der Waals surface area (Å²) in [5, 5.41) is 23.1. The van der Waals surface area contributed by atoms with Gasteiger partial charge in [-0.25, -0.2) is 9.69 Å². The maximum Gasteiger partial charge on any atom is 0.416 e. The largest absolute Gasteiger partial charge is 0.493 e. The van der Waals surface area contributed by atoms with Gasteiger partial charge in [-0.3, -0.25) is 48.2 Å². The van der Waals surface area contributed by atoms with Crippen LogP contribution >= 0.6 is 0 Å². The van der Waals surface area contributed by atoms with E-state index in [-0.39, 0.29) is 105 Å². The van der Waals surface area contributed by atoms with Gasteiger partial charge in [-0.2, -0.15) is 0 Å². The minimum atomic E-state index is -1.58. The molecular formula is C76H103N9O23. The van der Waals surface area contributed by atoms with Crippen LogP contribution in [0.2, 0.25) is 0 Å². The van der Waals surface area contributed by atoms with Crippen LogP contribution in [0, 0.1) is 5.92 Å². The van der Waals surface area contributed by atoms with E-state index in [9.17, 15) is 48.3 Å². The molecule has 0 radical (unpaired) electrons. The van der Waals surface area contributed by atoms with Crippen molar-refractivity contribution in [1.82, 2.24) is 30.7 Å². The molecule has 3 aromatic rings. The van der Waals surface area contributed by atoms with E-state index in [0.717, 1.165) is 27.4 Å². The van der Waals surface area contributed by atoms with Crippen LogP contribution in [0.3, 0.4) is 0 Å². The summed E-state index contributed by atoms with van der Waals surface area (Å²) >= 11 is 0. The molecular weight excluding hydrogens is 1410 g/mol. The van der Waals surface area contributed by atoms with Gasteiger partial charge in [0.2, 0.25) is 23.6 Å². The van der Waals surface area contributed by atoms with Gasteiger partial charge in [-0.15, -0.1) is 0 Å². The zero-order valence-electron chi connectivity index (χ0n) is 62.9. The fourth-order valence-electron chi connectivity index (χ4n) is 12.1. The number of unbranched alkanes of at least 4 members (excludes halogenated alkanes) is 2. The minimum absolute atomic E-state index is 0.0158. The van der Waals surface area contributed by atoms with Gasteiger partial charge >= 0.3 is 6.09 Å². The molecule has 0 aromatic heterocycles. The molecule has 0 saturated heterocycles. The van der Waals surface area contributed by atoms with E-state index < -0.39 is 65.4 Å². The van der Waals surface area contributed by atoms with E-state index in [1.165, 1.54) is 50.3 Å². The number of carbonyl (C=O) groups excluding carboxylic acids is 9. The molecule has 5 N–H and O–H groups in total. The summed E-state index contributed by atoms with van der Waals surface area (Å²) in [6.45, 7) is 16.6. The molecule has 5 heterocycles. The van der Waals surface area contributed by atoms with Crippen molar-refractivity contribution in [2.45, 2.75) is 123 Å². The summed E-state index contributed by atoms with van der Waals surface area (Å²) in [6, 6.07) is 10.8. The molecule has 0 bridgehead atoms. The zero-order chi connectivity index (χ0) is 77.5. The Labute approximate surface area is 628 Å². The molecule has 0 aliphatic carbocycles. The van der Waals surface area contributed by atoms with Crippen LogP contribution in [0.4, 0.5) is 21.9 Å². The normalized spacial score (nSPS) is 17.6. The maximum absolute atomic E-state index is 14.4.